The molecule has 1 rings (SSSR count). The van der Waals surface area contributed by atoms with Gasteiger partial charge in [-0.3, -0.25) is 4.79 Å². The normalized spacial score (nSPS) is 16.2. The van der Waals surface area contributed by atoms with E-state index in [4.69, 9.17) is 5.11 Å². The molecule has 0 aliphatic heterocycles. The quantitative estimate of drug-likeness (QED) is 0.634. The Kier molecular flexibility index (Phi) is 5.84. The van der Waals surface area contributed by atoms with Gasteiger partial charge in [-0.2, -0.15) is 0 Å². The zero-order valence-electron chi connectivity index (χ0n) is 7.26. The fourth-order valence-corrected chi connectivity index (χ4v) is 0.655. The van der Waals surface area contributed by atoms with Crippen molar-refractivity contribution < 1.29 is 9.90 Å². The summed E-state index contributed by atoms with van der Waals surface area (Å²) >= 11 is 0. The zero-order chi connectivity index (χ0) is 8.69. The molecular weight excluding hydrogens is 142 g/mol. The number of carbonyl (C=O) groups is 1. The van der Waals surface area contributed by atoms with Gasteiger partial charge in [0.2, 0.25) is 0 Å². The lowest BCUT2D eigenvalue weighted by molar-refractivity contribution is -0.144. The molecule has 0 spiro atoms. The van der Waals surface area contributed by atoms with Gasteiger partial charge in [0, 0.05) is 0 Å². The van der Waals surface area contributed by atoms with Crippen LogP contribution in [0.1, 0.15) is 26.2 Å². The summed E-state index contributed by atoms with van der Waals surface area (Å²) in [4.78, 5) is 9.98. The van der Waals surface area contributed by atoms with E-state index < -0.39 is 5.97 Å². The molecule has 66 valence electrons. The van der Waals surface area contributed by atoms with E-state index in [1.165, 1.54) is 0 Å². The molecule has 1 aliphatic rings. The van der Waals surface area contributed by atoms with Gasteiger partial charge in [0.1, 0.15) is 0 Å². The molecule has 0 amide bonds. The first-order valence-electron chi connectivity index (χ1n) is 4.09. The van der Waals surface area contributed by atoms with Crippen LogP contribution in [0.3, 0.4) is 0 Å². The minimum Gasteiger partial charge on any atom is -0.481 e. The molecular formula is C8H17NO2. The molecule has 0 bridgehead atoms. The van der Waals surface area contributed by atoms with Crippen molar-refractivity contribution in [1.29, 1.82) is 0 Å². The first kappa shape index (κ1) is 10.4. The molecule has 0 radical (unpaired) electrons. The summed E-state index contributed by atoms with van der Waals surface area (Å²) in [6.45, 7) is 3.14. The van der Waals surface area contributed by atoms with Crippen LogP contribution in [0, 0.1) is 5.92 Å². The van der Waals surface area contributed by atoms with Crippen molar-refractivity contribution in [3.05, 3.63) is 0 Å². The highest BCUT2D eigenvalue weighted by Gasteiger charge is 2.23. The Labute approximate surface area is 67.8 Å². The minimum absolute atomic E-state index is 0.000000000000000444. The maximum Gasteiger partial charge on any atom is 0.306 e. The van der Waals surface area contributed by atoms with Gasteiger partial charge in [-0.25, -0.2) is 0 Å². The molecule has 0 unspecified atom stereocenters. The van der Waals surface area contributed by atoms with E-state index in [9.17, 15) is 4.79 Å². The van der Waals surface area contributed by atoms with Crippen molar-refractivity contribution in [2.45, 2.75) is 26.2 Å². The third-order valence-electron chi connectivity index (χ3n) is 1.81. The van der Waals surface area contributed by atoms with E-state index in [-0.39, 0.29) is 5.92 Å². The van der Waals surface area contributed by atoms with Gasteiger partial charge in [-0.1, -0.05) is 13.3 Å². The SMILES string of the molecule is CCNC.O=C(O)C1CCC1. The topological polar surface area (TPSA) is 49.3 Å². The standard InChI is InChI=1S/C5H8O2.C3H9N/c6-5(7)4-2-1-3-4;1-3-4-2/h4H,1-3H2,(H,6,7);4H,3H2,1-2H3. The molecule has 0 aromatic rings. The molecule has 1 fully saturated rings. The highest BCUT2D eigenvalue weighted by atomic mass is 16.4. The van der Waals surface area contributed by atoms with E-state index in [1.54, 1.807) is 0 Å². The van der Waals surface area contributed by atoms with Crippen LogP contribution < -0.4 is 5.32 Å². The van der Waals surface area contributed by atoms with Crippen molar-refractivity contribution >= 4 is 5.97 Å². The lowest BCUT2D eigenvalue weighted by atomic mass is 9.86. The fraction of sp³-hybridized carbons (Fsp3) is 0.875. The number of carboxylic acid groups (broad SMARTS) is 1. The molecule has 11 heavy (non-hydrogen) atoms. The fourth-order valence-electron chi connectivity index (χ4n) is 0.655. The Morgan fingerprint density at radius 2 is 2.09 bits per heavy atom. The van der Waals surface area contributed by atoms with E-state index in [0.717, 1.165) is 25.8 Å². The maximum absolute atomic E-state index is 9.98. The summed E-state index contributed by atoms with van der Waals surface area (Å²) in [5, 5.41) is 11.2. The summed E-state index contributed by atoms with van der Waals surface area (Å²) < 4.78 is 0. The van der Waals surface area contributed by atoms with Crippen molar-refractivity contribution in [3.63, 3.8) is 0 Å². The molecule has 0 atom stereocenters. The Hall–Kier alpha value is -0.570. The van der Waals surface area contributed by atoms with Gasteiger partial charge in [0.25, 0.3) is 0 Å². The van der Waals surface area contributed by atoms with E-state index in [1.807, 2.05) is 7.05 Å². The van der Waals surface area contributed by atoms with Crippen molar-refractivity contribution in [2.75, 3.05) is 13.6 Å². The van der Waals surface area contributed by atoms with E-state index in [2.05, 4.69) is 12.2 Å². The molecule has 3 nitrogen and oxygen atoms in total. The summed E-state index contributed by atoms with van der Waals surface area (Å²) in [6, 6.07) is 0. The van der Waals surface area contributed by atoms with Crippen LogP contribution in [-0.2, 0) is 4.79 Å². The van der Waals surface area contributed by atoms with Crippen LogP contribution in [-0.4, -0.2) is 24.7 Å². The Morgan fingerprint density at radius 3 is 2.09 bits per heavy atom. The number of rotatable bonds is 2. The molecule has 0 heterocycles. The van der Waals surface area contributed by atoms with Crippen LogP contribution in [0.15, 0.2) is 0 Å². The van der Waals surface area contributed by atoms with Crippen LogP contribution in [0.2, 0.25) is 0 Å². The lowest BCUT2D eigenvalue weighted by Crippen LogP contribution is -2.20. The Bertz CT molecular complexity index is 109. The number of hydrogen-bond donors (Lipinski definition) is 2. The minimum atomic E-state index is -0.619. The molecule has 1 aliphatic carbocycles. The average molecular weight is 159 g/mol. The van der Waals surface area contributed by atoms with Crippen LogP contribution in [0.5, 0.6) is 0 Å². The van der Waals surface area contributed by atoms with Crippen molar-refractivity contribution in [2.24, 2.45) is 5.92 Å². The third-order valence-corrected chi connectivity index (χ3v) is 1.81. The molecule has 3 heteroatoms. The van der Waals surface area contributed by atoms with Gasteiger partial charge in [0.15, 0.2) is 0 Å². The van der Waals surface area contributed by atoms with Crippen molar-refractivity contribution in [1.82, 2.24) is 5.32 Å². The number of aliphatic carboxylic acids is 1. The largest absolute Gasteiger partial charge is 0.481 e. The van der Waals surface area contributed by atoms with Crippen LogP contribution >= 0.6 is 0 Å². The summed E-state index contributed by atoms with van der Waals surface area (Å²) in [5.74, 6) is -0.619. The van der Waals surface area contributed by atoms with Gasteiger partial charge in [-0.05, 0) is 26.4 Å². The Balaban J connectivity index is 0.000000218. The predicted molar refractivity (Wildman–Crippen MR) is 44.6 cm³/mol. The van der Waals surface area contributed by atoms with Gasteiger partial charge >= 0.3 is 5.97 Å². The number of carboxylic acids is 1. The average Bonchev–Trinajstić information content (AvgIpc) is 1.83. The first-order valence-corrected chi connectivity index (χ1v) is 4.09. The van der Waals surface area contributed by atoms with Crippen molar-refractivity contribution in [3.8, 4) is 0 Å². The van der Waals surface area contributed by atoms with Gasteiger partial charge in [0.05, 0.1) is 5.92 Å². The first-order chi connectivity index (χ1) is 5.22. The number of hydrogen-bond acceptors (Lipinski definition) is 2. The molecule has 0 aromatic carbocycles. The predicted octanol–water partition coefficient (Wildman–Crippen LogP) is 1.10. The second-order valence-corrected chi connectivity index (χ2v) is 2.67. The second kappa shape index (κ2) is 6.16. The Morgan fingerprint density at radius 1 is 1.64 bits per heavy atom. The molecule has 0 saturated heterocycles. The van der Waals surface area contributed by atoms with Gasteiger partial charge < -0.3 is 10.4 Å². The summed E-state index contributed by atoms with van der Waals surface area (Å²) in [7, 11) is 1.93. The second-order valence-electron chi connectivity index (χ2n) is 2.67. The smallest absolute Gasteiger partial charge is 0.306 e. The van der Waals surface area contributed by atoms with E-state index >= 15 is 0 Å². The highest BCUT2D eigenvalue weighted by Crippen LogP contribution is 2.25. The third kappa shape index (κ3) is 4.79. The zero-order valence-corrected chi connectivity index (χ0v) is 7.26. The summed E-state index contributed by atoms with van der Waals surface area (Å²) in [6.07, 6.45) is 2.90. The molecule has 1 saturated carbocycles. The number of nitrogens with one attached hydrogen (secondary N) is 1. The van der Waals surface area contributed by atoms with Crippen LogP contribution in [0.4, 0.5) is 0 Å². The lowest BCUT2D eigenvalue weighted by Gasteiger charge is -2.19. The maximum atomic E-state index is 9.98. The molecule has 0 aromatic heterocycles. The van der Waals surface area contributed by atoms with E-state index in [0.29, 0.717) is 0 Å². The monoisotopic (exact) mass is 159 g/mol. The highest BCUT2D eigenvalue weighted by molar-refractivity contribution is 5.70. The molecule has 2 N–H and O–H groups in total. The summed E-state index contributed by atoms with van der Waals surface area (Å²) in [5.41, 5.74) is 0. The van der Waals surface area contributed by atoms with Gasteiger partial charge in [-0.15, -0.1) is 0 Å². The van der Waals surface area contributed by atoms with Crippen LogP contribution in [0.25, 0.3) is 0 Å².